The van der Waals surface area contributed by atoms with Gasteiger partial charge in [0.15, 0.2) is 17.7 Å². The Morgan fingerprint density at radius 3 is 2.32 bits per heavy atom. The summed E-state index contributed by atoms with van der Waals surface area (Å²) in [7, 11) is 0. The number of anilines is 1. The first kappa shape index (κ1) is 21.3. The van der Waals surface area contributed by atoms with E-state index in [0.29, 0.717) is 4.90 Å². The van der Waals surface area contributed by atoms with Crippen LogP contribution in [0.5, 0.6) is 0 Å². The van der Waals surface area contributed by atoms with Gasteiger partial charge in [-0.05, 0) is 38.1 Å². The molecule has 0 radical (unpaired) electrons. The van der Waals surface area contributed by atoms with E-state index < -0.39 is 39.8 Å². The monoisotopic (exact) mass is 410 g/mol. The number of rotatable bonds is 7. The van der Waals surface area contributed by atoms with E-state index in [9.17, 15) is 28.5 Å². The molecule has 0 aliphatic carbocycles. The molecule has 1 amide bonds. The van der Waals surface area contributed by atoms with E-state index in [4.69, 9.17) is 4.74 Å². The number of thioether (sulfide) groups is 1. The Bertz CT molecular complexity index is 892. The topological polar surface area (TPSA) is 98.5 Å². The Morgan fingerprint density at radius 1 is 1.11 bits per heavy atom. The Balaban J connectivity index is 1.90. The van der Waals surface area contributed by atoms with Crippen molar-refractivity contribution in [2.24, 2.45) is 0 Å². The van der Waals surface area contributed by atoms with Crippen molar-refractivity contribution in [1.82, 2.24) is 0 Å². The minimum Gasteiger partial charge on any atom is -0.452 e. The van der Waals surface area contributed by atoms with E-state index in [1.54, 1.807) is 6.92 Å². The molecule has 2 atom stereocenters. The van der Waals surface area contributed by atoms with Crippen molar-refractivity contribution in [3.8, 4) is 0 Å². The van der Waals surface area contributed by atoms with E-state index in [0.717, 1.165) is 23.9 Å². The Morgan fingerprint density at radius 2 is 1.75 bits per heavy atom. The fraction of sp³-hybridized carbons (Fsp3) is 0.222. The molecule has 0 unspecified atom stereocenters. The summed E-state index contributed by atoms with van der Waals surface area (Å²) in [5.41, 5.74) is -0.0396. The van der Waals surface area contributed by atoms with Gasteiger partial charge in [-0.25, -0.2) is 8.78 Å². The molecule has 0 saturated heterocycles. The summed E-state index contributed by atoms with van der Waals surface area (Å²) in [6.45, 7) is 2.91. The third-order valence-electron chi connectivity index (χ3n) is 3.54. The predicted molar refractivity (Wildman–Crippen MR) is 99.0 cm³/mol. The van der Waals surface area contributed by atoms with E-state index in [2.05, 4.69) is 5.32 Å². The van der Waals surface area contributed by atoms with Crippen LogP contribution in [0, 0.1) is 21.7 Å². The summed E-state index contributed by atoms with van der Waals surface area (Å²) in [5, 5.41) is 12.3. The number of nitrogens with zero attached hydrogens (tertiary/aromatic N) is 1. The molecule has 2 aromatic carbocycles. The molecule has 0 spiro atoms. The van der Waals surface area contributed by atoms with Crippen molar-refractivity contribution in [2.45, 2.75) is 30.1 Å². The zero-order chi connectivity index (χ0) is 20.8. The lowest BCUT2D eigenvalue weighted by molar-refractivity contribution is -0.384. The van der Waals surface area contributed by atoms with Gasteiger partial charge in [0.05, 0.1) is 4.92 Å². The van der Waals surface area contributed by atoms with Crippen molar-refractivity contribution in [1.29, 1.82) is 0 Å². The summed E-state index contributed by atoms with van der Waals surface area (Å²) in [4.78, 5) is 34.9. The Kier molecular flexibility index (Phi) is 7.05. The first-order valence-corrected chi connectivity index (χ1v) is 8.93. The highest BCUT2D eigenvalue weighted by atomic mass is 32.2. The minimum absolute atomic E-state index is 0.0279. The second kappa shape index (κ2) is 9.27. The minimum atomic E-state index is -1.17. The van der Waals surface area contributed by atoms with Crippen LogP contribution < -0.4 is 5.32 Å². The van der Waals surface area contributed by atoms with E-state index in [-0.39, 0.29) is 11.4 Å². The number of carbonyl (C=O) groups is 2. The van der Waals surface area contributed by atoms with Crippen LogP contribution in [-0.2, 0) is 14.3 Å². The molecule has 28 heavy (non-hydrogen) atoms. The van der Waals surface area contributed by atoms with Crippen LogP contribution in [0.3, 0.4) is 0 Å². The van der Waals surface area contributed by atoms with Crippen LogP contribution in [0.2, 0.25) is 0 Å². The lowest BCUT2D eigenvalue weighted by Crippen LogP contribution is -2.32. The fourth-order valence-electron chi connectivity index (χ4n) is 2.04. The molecule has 2 aromatic rings. The maximum atomic E-state index is 13.2. The predicted octanol–water partition coefficient (Wildman–Crippen LogP) is 3.92. The molecule has 0 aliphatic heterocycles. The number of carbonyl (C=O) groups excluding carboxylic acids is 2. The highest BCUT2D eigenvalue weighted by Crippen LogP contribution is 2.26. The second-order valence-corrected chi connectivity index (χ2v) is 7.12. The first-order valence-electron chi connectivity index (χ1n) is 8.05. The molecule has 7 nitrogen and oxygen atoms in total. The number of esters is 1. The Hall–Kier alpha value is -3.01. The van der Waals surface area contributed by atoms with E-state index >= 15 is 0 Å². The van der Waals surface area contributed by atoms with Crippen LogP contribution in [0.15, 0.2) is 47.4 Å². The molecule has 0 aromatic heterocycles. The molecule has 0 bridgehead atoms. The van der Waals surface area contributed by atoms with Gasteiger partial charge >= 0.3 is 5.97 Å². The maximum absolute atomic E-state index is 13.2. The number of halogens is 2. The number of benzene rings is 2. The highest BCUT2D eigenvalue weighted by Gasteiger charge is 2.23. The van der Waals surface area contributed by atoms with Gasteiger partial charge < -0.3 is 10.1 Å². The summed E-state index contributed by atoms with van der Waals surface area (Å²) < 4.78 is 31.2. The van der Waals surface area contributed by atoms with Gasteiger partial charge in [-0.3, -0.25) is 19.7 Å². The van der Waals surface area contributed by atoms with Crippen molar-refractivity contribution >= 4 is 35.0 Å². The van der Waals surface area contributed by atoms with Gasteiger partial charge in [-0.2, -0.15) is 0 Å². The number of nitro groups is 1. The van der Waals surface area contributed by atoms with Crippen LogP contribution in [0.25, 0.3) is 0 Å². The van der Waals surface area contributed by atoms with E-state index in [1.165, 1.54) is 37.3 Å². The number of non-ortho nitro benzene ring substituents is 1. The fourth-order valence-corrected chi connectivity index (χ4v) is 2.89. The third-order valence-corrected chi connectivity index (χ3v) is 4.63. The second-order valence-electron chi connectivity index (χ2n) is 5.71. The summed E-state index contributed by atoms with van der Waals surface area (Å²) in [6.07, 6.45) is -1.17. The number of nitro benzene ring substituents is 1. The quantitative estimate of drug-likeness (QED) is 0.321. The smallest absolute Gasteiger partial charge is 0.319 e. The number of amides is 1. The number of hydrogen-bond donors (Lipinski definition) is 1. The standard InChI is InChI=1S/C18H16F2N2O5S/c1-10(17(23)21-12-3-8-15(19)16(20)9-12)27-18(24)11(2)28-14-6-4-13(5-7-14)22(25)26/h3-11H,1-2H3,(H,21,23)/t10-,11+/m1/s1. The molecule has 148 valence electrons. The molecule has 0 fully saturated rings. The van der Waals surface area contributed by atoms with Gasteiger partial charge in [-0.15, -0.1) is 11.8 Å². The molecule has 1 N–H and O–H groups in total. The van der Waals surface area contributed by atoms with Gasteiger partial charge in [0.2, 0.25) is 0 Å². The maximum Gasteiger partial charge on any atom is 0.319 e. The number of ether oxygens (including phenoxy) is 1. The van der Waals surface area contributed by atoms with Crippen molar-refractivity contribution in [3.63, 3.8) is 0 Å². The van der Waals surface area contributed by atoms with Gasteiger partial charge in [0.25, 0.3) is 11.6 Å². The third kappa shape index (κ3) is 5.74. The number of nitrogens with one attached hydrogen (secondary N) is 1. The summed E-state index contributed by atoms with van der Waals surface area (Å²) >= 11 is 1.11. The molecular formula is C18H16F2N2O5S. The van der Waals surface area contributed by atoms with Crippen LogP contribution in [0.4, 0.5) is 20.2 Å². The number of hydrogen-bond acceptors (Lipinski definition) is 6. The molecule has 10 heteroatoms. The normalized spacial score (nSPS) is 12.7. The molecular weight excluding hydrogens is 394 g/mol. The summed E-state index contributed by atoms with van der Waals surface area (Å²) in [5.74, 6) is -3.53. The molecule has 0 heterocycles. The zero-order valence-corrected chi connectivity index (χ0v) is 15.7. The van der Waals surface area contributed by atoms with Gasteiger partial charge in [-0.1, -0.05) is 0 Å². The average molecular weight is 410 g/mol. The van der Waals surface area contributed by atoms with Crippen molar-refractivity contribution in [2.75, 3.05) is 5.32 Å². The van der Waals surface area contributed by atoms with Gasteiger partial charge in [0.1, 0.15) is 5.25 Å². The van der Waals surface area contributed by atoms with E-state index in [1.807, 2.05) is 0 Å². The Labute approximate surface area is 163 Å². The van der Waals surface area contributed by atoms with Crippen LogP contribution in [-0.4, -0.2) is 28.2 Å². The highest BCUT2D eigenvalue weighted by molar-refractivity contribution is 8.00. The lowest BCUT2D eigenvalue weighted by Gasteiger charge is -2.16. The SMILES string of the molecule is C[C@H](Sc1ccc([N+](=O)[O-])cc1)C(=O)O[C@H](C)C(=O)Nc1ccc(F)c(F)c1. The van der Waals surface area contributed by atoms with Crippen LogP contribution >= 0.6 is 11.8 Å². The molecule has 0 aliphatic rings. The van der Waals surface area contributed by atoms with Crippen molar-refractivity contribution in [3.05, 3.63) is 64.2 Å². The summed E-state index contributed by atoms with van der Waals surface area (Å²) in [6, 6.07) is 8.51. The average Bonchev–Trinajstić information content (AvgIpc) is 2.65. The zero-order valence-electron chi connectivity index (χ0n) is 14.8. The van der Waals surface area contributed by atoms with Crippen molar-refractivity contribution < 1.29 is 28.0 Å². The molecule has 0 saturated carbocycles. The molecule has 2 rings (SSSR count). The largest absolute Gasteiger partial charge is 0.452 e. The lowest BCUT2D eigenvalue weighted by atomic mass is 10.2. The van der Waals surface area contributed by atoms with Gasteiger partial charge in [0, 0.05) is 28.8 Å². The van der Waals surface area contributed by atoms with Crippen LogP contribution in [0.1, 0.15) is 13.8 Å². The first-order chi connectivity index (χ1) is 13.2.